The number of hydrogen-bond donors (Lipinski definition) is 1. The van der Waals surface area contributed by atoms with E-state index in [0.29, 0.717) is 23.4 Å². The van der Waals surface area contributed by atoms with Crippen molar-refractivity contribution in [3.8, 4) is 0 Å². The largest absolute Gasteiger partial charge is 0.418 e. The molecule has 6 rings (SSSR count). The van der Waals surface area contributed by atoms with E-state index >= 15 is 0 Å². The van der Waals surface area contributed by atoms with Gasteiger partial charge in [0.2, 0.25) is 0 Å². The Morgan fingerprint density at radius 2 is 1.25 bits per heavy atom. The number of aromatic nitrogens is 6. The molecule has 0 aliphatic carbocycles. The fourth-order valence-corrected chi connectivity index (χ4v) is 5.52. The summed E-state index contributed by atoms with van der Waals surface area (Å²) < 4.78 is 42.2. The van der Waals surface area contributed by atoms with Crippen LogP contribution in [0.3, 0.4) is 0 Å². The van der Waals surface area contributed by atoms with Crippen molar-refractivity contribution in [2.24, 2.45) is 14.1 Å². The second kappa shape index (κ2) is 13.8. The second-order valence-electron chi connectivity index (χ2n) is 11.4. The second-order valence-corrected chi connectivity index (χ2v) is 11.4. The summed E-state index contributed by atoms with van der Waals surface area (Å²) in [6.45, 7) is 3.94. The zero-order valence-electron chi connectivity index (χ0n) is 27.6. The number of carbonyl (C=O) groups excluding carboxylic acids is 1. The van der Waals surface area contributed by atoms with Gasteiger partial charge in [-0.25, -0.2) is 19.9 Å². The minimum absolute atomic E-state index is 0.165. The van der Waals surface area contributed by atoms with Crippen molar-refractivity contribution in [1.29, 1.82) is 0 Å². The first-order valence-electron chi connectivity index (χ1n) is 15.3. The van der Waals surface area contributed by atoms with Crippen molar-refractivity contribution in [2.75, 3.05) is 23.9 Å². The number of imidazole rings is 2. The summed E-state index contributed by atoms with van der Waals surface area (Å²) >= 11 is 0. The molecular formula is C35H37F3N8O2. The van der Waals surface area contributed by atoms with Crippen LogP contribution in [0, 0.1) is 0 Å². The molecule has 0 aliphatic heterocycles. The third-order valence-electron chi connectivity index (χ3n) is 8.34. The molecule has 0 saturated carbocycles. The summed E-state index contributed by atoms with van der Waals surface area (Å²) in [6.07, 6.45) is 2.00. The van der Waals surface area contributed by atoms with Gasteiger partial charge < -0.3 is 24.0 Å². The maximum absolute atomic E-state index is 12.8. The number of halogens is 3. The number of alkyl halides is 3. The minimum atomic E-state index is -4.69. The molecule has 0 radical (unpaired) electrons. The first-order valence-corrected chi connectivity index (χ1v) is 15.3. The normalized spacial score (nSPS) is 12.1. The van der Waals surface area contributed by atoms with Crippen molar-refractivity contribution in [3.05, 3.63) is 95.8 Å². The lowest BCUT2D eigenvalue weighted by Crippen LogP contribution is -2.21. The molecule has 1 N–H and O–H groups in total. The standard InChI is InChI=1S/C18H19F3N4O.C17H18N4O/c1-4-11-7-12(17(26)18(19,20)21)5-6-14(11)25(3)16-8-15-13(9-22-16)23-10-24(15)2;1-4-13-7-12(10-22)5-6-15(13)21(3)17-8-16-14(9-18-17)19-11-20(16)2/h5-10,17,26H,4H2,1-3H3;5-11H,4H2,1-3H3. The van der Waals surface area contributed by atoms with Crippen molar-refractivity contribution < 1.29 is 23.1 Å². The van der Waals surface area contributed by atoms with Gasteiger partial charge >= 0.3 is 6.18 Å². The Kier molecular flexibility index (Phi) is 9.80. The summed E-state index contributed by atoms with van der Waals surface area (Å²) in [4.78, 5) is 32.2. The number of fused-ring (bicyclic) bond motifs is 2. The maximum Gasteiger partial charge on any atom is 0.418 e. The number of aliphatic hydroxyl groups is 1. The Balaban J connectivity index is 0.000000190. The molecule has 0 aliphatic rings. The molecular weight excluding hydrogens is 621 g/mol. The highest BCUT2D eigenvalue weighted by atomic mass is 19.4. The fourth-order valence-electron chi connectivity index (χ4n) is 5.52. The molecule has 4 aromatic heterocycles. The minimum Gasteiger partial charge on any atom is -0.379 e. The van der Waals surface area contributed by atoms with Gasteiger partial charge in [-0.1, -0.05) is 26.0 Å². The summed E-state index contributed by atoms with van der Waals surface area (Å²) in [5, 5.41) is 9.49. The van der Waals surface area contributed by atoms with E-state index < -0.39 is 12.3 Å². The van der Waals surface area contributed by atoms with E-state index in [1.54, 1.807) is 38.2 Å². The van der Waals surface area contributed by atoms with Crippen LogP contribution in [0.25, 0.3) is 22.1 Å². The summed E-state index contributed by atoms with van der Waals surface area (Å²) in [5.74, 6) is 1.50. The predicted molar refractivity (Wildman–Crippen MR) is 181 cm³/mol. The number of aldehydes is 1. The smallest absolute Gasteiger partial charge is 0.379 e. The van der Waals surface area contributed by atoms with Crippen molar-refractivity contribution in [2.45, 2.75) is 39.0 Å². The van der Waals surface area contributed by atoms with E-state index in [9.17, 15) is 23.1 Å². The van der Waals surface area contributed by atoms with Crippen molar-refractivity contribution >= 4 is 51.4 Å². The number of carbonyl (C=O) groups is 1. The van der Waals surface area contributed by atoms with Crippen LogP contribution in [-0.4, -0.2) is 60.7 Å². The van der Waals surface area contributed by atoms with Gasteiger partial charge in [-0.2, -0.15) is 13.2 Å². The number of hydrogen-bond acceptors (Lipinski definition) is 8. The molecule has 0 amide bonds. The number of anilines is 4. The van der Waals surface area contributed by atoms with Crippen LogP contribution in [0.1, 0.15) is 47.0 Å². The fraction of sp³-hybridized carbons (Fsp3) is 0.286. The molecule has 1 atom stereocenters. The van der Waals surface area contributed by atoms with Crippen molar-refractivity contribution in [3.63, 3.8) is 0 Å². The van der Waals surface area contributed by atoms with Gasteiger partial charge in [0.05, 0.1) is 36.1 Å². The van der Waals surface area contributed by atoms with E-state index in [4.69, 9.17) is 0 Å². The molecule has 48 heavy (non-hydrogen) atoms. The lowest BCUT2D eigenvalue weighted by molar-refractivity contribution is -0.206. The lowest BCUT2D eigenvalue weighted by Gasteiger charge is -2.23. The molecule has 4 heterocycles. The Hall–Kier alpha value is -5.30. The highest BCUT2D eigenvalue weighted by Gasteiger charge is 2.39. The van der Waals surface area contributed by atoms with Crippen LogP contribution in [0.4, 0.5) is 36.2 Å². The zero-order chi connectivity index (χ0) is 34.7. The SMILES string of the molecule is CCc1cc(C(O)C(F)(F)F)ccc1N(C)c1cc2c(cn1)ncn2C.CCc1cc(C=O)ccc1N(C)c1cc2c(cn1)ncn2C. The highest BCUT2D eigenvalue weighted by Crippen LogP contribution is 2.36. The topological polar surface area (TPSA) is 105 Å². The molecule has 250 valence electrons. The molecule has 0 bridgehead atoms. The maximum atomic E-state index is 12.8. The van der Waals surface area contributed by atoms with Gasteiger partial charge in [0.15, 0.2) is 6.10 Å². The van der Waals surface area contributed by atoms with Crippen LogP contribution in [0.2, 0.25) is 0 Å². The summed E-state index contributed by atoms with van der Waals surface area (Å²) in [6, 6.07) is 13.9. The van der Waals surface area contributed by atoms with Gasteiger partial charge in [-0.15, -0.1) is 0 Å². The first-order chi connectivity index (χ1) is 22.9. The number of pyridine rings is 2. The van der Waals surface area contributed by atoms with E-state index in [1.807, 2.05) is 77.3 Å². The molecule has 13 heteroatoms. The van der Waals surface area contributed by atoms with Gasteiger partial charge in [0, 0.05) is 57.3 Å². The lowest BCUT2D eigenvalue weighted by atomic mass is 10.0. The summed E-state index contributed by atoms with van der Waals surface area (Å²) in [5.41, 5.74) is 7.74. The molecule has 10 nitrogen and oxygen atoms in total. The van der Waals surface area contributed by atoms with Crippen LogP contribution >= 0.6 is 0 Å². The number of aliphatic hydroxyl groups excluding tert-OH is 1. The average Bonchev–Trinajstić information content (AvgIpc) is 3.67. The van der Waals surface area contributed by atoms with E-state index in [-0.39, 0.29) is 5.56 Å². The van der Waals surface area contributed by atoms with E-state index in [0.717, 1.165) is 57.5 Å². The molecule has 0 fully saturated rings. The number of benzene rings is 2. The van der Waals surface area contributed by atoms with Crippen LogP contribution in [-0.2, 0) is 26.9 Å². The Bertz CT molecular complexity index is 2070. The highest BCUT2D eigenvalue weighted by molar-refractivity contribution is 5.81. The van der Waals surface area contributed by atoms with Crippen LogP contribution in [0.5, 0.6) is 0 Å². The van der Waals surface area contributed by atoms with E-state index in [1.165, 1.54) is 12.1 Å². The quantitative estimate of drug-likeness (QED) is 0.174. The molecule has 1 unspecified atom stereocenters. The number of nitrogens with zero attached hydrogens (tertiary/aromatic N) is 8. The summed E-state index contributed by atoms with van der Waals surface area (Å²) in [7, 11) is 7.64. The number of aryl methyl sites for hydroxylation is 4. The van der Waals surface area contributed by atoms with Gasteiger partial charge in [0.1, 0.15) is 29.0 Å². The Labute approximate surface area is 276 Å². The van der Waals surface area contributed by atoms with Crippen molar-refractivity contribution in [1.82, 2.24) is 29.1 Å². The van der Waals surface area contributed by atoms with Gasteiger partial charge in [-0.05, 0) is 53.8 Å². The Morgan fingerprint density at radius 3 is 1.71 bits per heavy atom. The van der Waals surface area contributed by atoms with Gasteiger partial charge in [-0.3, -0.25) is 4.79 Å². The van der Waals surface area contributed by atoms with Crippen LogP contribution in [0.15, 0.2) is 73.6 Å². The average molecular weight is 659 g/mol. The predicted octanol–water partition coefficient (Wildman–Crippen LogP) is 7.01. The molecule has 0 spiro atoms. The van der Waals surface area contributed by atoms with Gasteiger partial charge in [0.25, 0.3) is 0 Å². The number of rotatable bonds is 8. The third kappa shape index (κ3) is 6.86. The zero-order valence-corrected chi connectivity index (χ0v) is 27.6. The van der Waals surface area contributed by atoms with Crippen LogP contribution < -0.4 is 9.80 Å². The van der Waals surface area contributed by atoms with E-state index in [2.05, 4.69) is 26.9 Å². The third-order valence-corrected chi connectivity index (χ3v) is 8.34. The molecule has 6 aromatic rings. The molecule has 0 saturated heterocycles. The Morgan fingerprint density at radius 1 is 0.771 bits per heavy atom. The monoisotopic (exact) mass is 658 g/mol. The molecule has 2 aromatic carbocycles. The first kappa shape index (κ1) is 34.0.